The standard InChI is InChI=1S/C11H12ClFN2O3/c1-6(16)15-10(11(17)18)5-14-9-4-7(13)2-3-8(9)12/h2-4,10,14H,5H2,1H3,(H,15,16)(H,17,18). The van der Waals surface area contributed by atoms with Crippen molar-refractivity contribution in [3.63, 3.8) is 0 Å². The molecule has 0 radical (unpaired) electrons. The first-order valence-electron chi connectivity index (χ1n) is 5.09. The molecule has 0 aliphatic heterocycles. The summed E-state index contributed by atoms with van der Waals surface area (Å²) in [5.41, 5.74) is 0.272. The van der Waals surface area contributed by atoms with Crippen LogP contribution in [0.1, 0.15) is 6.92 Å². The summed E-state index contributed by atoms with van der Waals surface area (Å²) < 4.78 is 13.0. The predicted molar refractivity (Wildman–Crippen MR) is 65.1 cm³/mol. The van der Waals surface area contributed by atoms with E-state index in [1.54, 1.807) is 0 Å². The van der Waals surface area contributed by atoms with Crippen LogP contribution in [-0.4, -0.2) is 29.6 Å². The molecule has 98 valence electrons. The number of carboxylic acids is 1. The number of carbonyl (C=O) groups is 2. The van der Waals surface area contributed by atoms with Crippen molar-refractivity contribution in [1.82, 2.24) is 5.32 Å². The van der Waals surface area contributed by atoms with Crippen molar-refractivity contribution in [1.29, 1.82) is 0 Å². The largest absolute Gasteiger partial charge is 0.480 e. The maximum Gasteiger partial charge on any atom is 0.328 e. The van der Waals surface area contributed by atoms with Gasteiger partial charge in [-0.3, -0.25) is 4.79 Å². The highest BCUT2D eigenvalue weighted by Gasteiger charge is 2.18. The number of anilines is 1. The summed E-state index contributed by atoms with van der Waals surface area (Å²) in [6.45, 7) is 1.11. The second-order valence-electron chi connectivity index (χ2n) is 3.60. The molecule has 0 bridgehead atoms. The summed E-state index contributed by atoms with van der Waals surface area (Å²) in [6.07, 6.45) is 0. The Labute approximate surface area is 108 Å². The Hall–Kier alpha value is -1.82. The van der Waals surface area contributed by atoms with Crippen LogP contribution < -0.4 is 10.6 Å². The lowest BCUT2D eigenvalue weighted by Crippen LogP contribution is -2.44. The number of nitrogens with one attached hydrogen (secondary N) is 2. The third kappa shape index (κ3) is 4.21. The van der Waals surface area contributed by atoms with E-state index in [1.165, 1.54) is 19.1 Å². The molecular weight excluding hydrogens is 263 g/mol. The molecule has 1 atom stereocenters. The van der Waals surface area contributed by atoms with Crippen molar-refractivity contribution in [2.75, 3.05) is 11.9 Å². The van der Waals surface area contributed by atoms with Crippen molar-refractivity contribution in [3.8, 4) is 0 Å². The lowest BCUT2D eigenvalue weighted by atomic mass is 10.2. The minimum Gasteiger partial charge on any atom is -0.480 e. The van der Waals surface area contributed by atoms with E-state index in [0.29, 0.717) is 0 Å². The fraction of sp³-hybridized carbons (Fsp3) is 0.273. The first-order valence-corrected chi connectivity index (χ1v) is 5.46. The maximum atomic E-state index is 13.0. The average molecular weight is 275 g/mol. The lowest BCUT2D eigenvalue weighted by molar-refractivity contribution is -0.141. The summed E-state index contributed by atoms with van der Waals surface area (Å²) in [6, 6.07) is 2.58. The Morgan fingerprint density at radius 3 is 2.72 bits per heavy atom. The van der Waals surface area contributed by atoms with Crippen LogP contribution >= 0.6 is 11.6 Å². The zero-order chi connectivity index (χ0) is 13.7. The maximum absolute atomic E-state index is 13.0. The van der Waals surface area contributed by atoms with Gasteiger partial charge in [0, 0.05) is 13.5 Å². The molecule has 0 heterocycles. The third-order valence-corrected chi connectivity index (χ3v) is 2.43. The number of halogens is 2. The molecule has 0 aliphatic rings. The number of rotatable bonds is 5. The third-order valence-electron chi connectivity index (χ3n) is 2.10. The Balaban J connectivity index is 2.69. The summed E-state index contributed by atoms with van der Waals surface area (Å²) in [7, 11) is 0. The van der Waals surface area contributed by atoms with Crippen molar-refractivity contribution < 1.29 is 19.1 Å². The molecule has 1 unspecified atom stereocenters. The first-order chi connectivity index (χ1) is 8.40. The van der Waals surface area contributed by atoms with Gasteiger partial charge in [0.15, 0.2) is 0 Å². The summed E-state index contributed by atoms with van der Waals surface area (Å²) in [5.74, 6) is -2.15. The van der Waals surface area contributed by atoms with Gasteiger partial charge in [0.05, 0.1) is 10.7 Å². The monoisotopic (exact) mass is 274 g/mol. The number of benzene rings is 1. The highest BCUT2D eigenvalue weighted by Crippen LogP contribution is 2.22. The van der Waals surface area contributed by atoms with Crippen molar-refractivity contribution in [2.24, 2.45) is 0 Å². The lowest BCUT2D eigenvalue weighted by Gasteiger charge is -2.15. The van der Waals surface area contributed by atoms with Crippen molar-refractivity contribution >= 4 is 29.2 Å². The quantitative estimate of drug-likeness (QED) is 0.760. The van der Waals surface area contributed by atoms with Crippen LogP contribution in [0.2, 0.25) is 5.02 Å². The summed E-state index contributed by atoms with van der Waals surface area (Å²) in [5, 5.41) is 14.0. The van der Waals surface area contributed by atoms with Gasteiger partial charge in [0.25, 0.3) is 0 Å². The minimum absolute atomic E-state index is 0.0991. The molecule has 0 fully saturated rings. The van der Waals surface area contributed by atoms with E-state index in [2.05, 4.69) is 10.6 Å². The van der Waals surface area contributed by atoms with Gasteiger partial charge in [0.2, 0.25) is 5.91 Å². The van der Waals surface area contributed by atoms with Crippen molar-refractivity contribution in [2.45, 2.75) is 13.0 Å². The average Bonchev–Trinajstić information content (AvgIpc) is 2.27. The van der Waals surface area contributed by atoms with E-state index in [0.717, 1.165) is 6.07 Å². The summed E-state index contributed by atoms with van der Waals surface area (Å²) in [4.78, 5) is 21.6. The minimum atomic E-state index is -1.19. The van der Waals surface area contributed by atoms with E-state index < -0.39 is 23.7 Å². The molecule has 0 saturated heterocycles. The normalized spacial score (nSPS) is 11.7. The highest BCUT2D eigenvalue weighted by atomic mass is 35.5. The van der Waals surface area contributed by atoms with Gasteiger partial charge in [-0.2, -0.15) is 0 Å². The fourth-order valence-electron chi connectivity index (χ4n) is 1.29. The molecule has 5 nitrogen and oxygen atoms in total. The van der Waals surface area contributed by atoms with E-state index in [1.807, 2.05) is 0 Å². The van der Waals surface area contributed by atoms with Crippen LogP contribution in [0.4, 0.5) is 10.1 Å². The fourth-order valence-corrected chi connectivity index (χ4v) is 1.47. The molecule has 7 heteroatoms. The second-order valence-corrected chi connectivity index (χ2v) is 4.00. The van der Waals surface area contributed by atoms with Crippen LogP contribution in [-0.2, 0) is 9.59 Å². The first kappa shape index (κ1) is 14.2. The smallest absolute Gasteiger partial charge is 0.328 e. The van der Waals surface area contributed by atoms with Gasteiger partial charge in [0.1, 0.15) is 11.9 Å². The van der Waals surface area contributed by atoms with E-state index >= 15 is 0 Å². The van der Waals surface area contributed by atoms with Crippen LogP contribution in [0.3, 0.4) is 0 Å². The molecule has 0 spiro atoms. The van der Waals surface area contributed by atoms with Crippen LogP contribution in [0, 0.1) is 5.82 Å². The molecule has 1 rings (SSSR count). The molecule has 1 aromatic rings. The molecule has 0 saturated carbocycles. The van der Waals surface area contributed by atoms with Crippen LogP contribution in [0.25, 0.3) is 0 Å². The second kappa shape index (κ2) is 6.20. The van der Waals surface area contributed by atoms with Crippen molar-refractivity contribution in [3.05, 3.63) is 29.0 Å². The summed E-state index contributed by atoms with van der Waals surface area (Å²) >= 11 is 5.80. The van der Waals surface area contributed by atoms with Gasteiger partial charge in [-0.05, 0) is 18.2 Å². The topological polar surface area (TPSA) is 78.4 Å². The number of carbonyl (C=O) groups excluding carboxylic acids is 1. The van der Waals surface area contributed by atoms with Gasteiger partial charge in [-0.1, -0.05) is 11.6 Å². The van der Waals surface area contributed by atoms with Gasteiger partial charge in [-0.15, -0.1) is 0 Å². The van der Waals surface area contributed by atoms with E-state index in [9.17, 15) is 14.0 Å². The highest BCUT2D eigenvalue weighted by molar-refractivity contribution is 6.33. The number of carboxylic acid groups (broad SMARTS) is 1. The molecule has 3 N–H and O–H groups in total. The molecule has 1 aromatic carbocycles. The van der Waals surface area contributed by atoms with Gasteiger partial charge < -0.3 is 15.7 Å². The predicted octanol–water partition coefficient (Wildman–Crippen LogP) is 1.48. The Morgan fingerprint density at radius 1 is 1.50 bits per heavy atom. The number of amides is 1. The zero-order valence-corrected chi connectivity index (χ0v) is 10.3. The van der Waals surface area contributed by atoms with E-state index in [-0.39, 0.29) is 17.3 Å². The molecular formula is C11H12ClFN2O3. The number of hydrogen-bond donors (Lipinski definition) is 3. The molecule has 0 aliphatic carbocycles. The molecule has 18 heavy (non-hydrogen) atoms. The van der Waals surface area contributed by atoms with E-state index in [4.69, 9.17) is 16.7 Å². The van der Waals surface area contributed by atoms with Crippen LogP contribution in [0.15, 0.2) is 18.2 Å². The number of hydrogen-bond acceptors (Lipinski definition) is 3. The Bertz CT molecular complexity index is 468. The molecule has 0 aromatic heterocycles. The Morgan fingerprint density at radius 2 is 2.17 bits per heavy atom. The Kier molecular flexibility index (Phi) is 4.91. The van der Waals surface area contributed by atoms with Crippen LogP contribution in [0.5, 0.6) is 0 Å². The SMILES string of the molecule is CC(=O)NC(CNc1cc(F)ccc1Cl)C(=O)O. The van der Waals surface area contributed by atoms with Gasteiger partial charge >= 0.3 is 5.97 Å². The van der Waals surface area contributed by atoms with Gasteiger partial charge in [-0.25, -0.2) is 9.18 Å². The zero-order valence-electron chi connectivity index (χ0n) is 9.54. The molecule has 1 amide bonds. The number of aliphatic carboxylic acids is 1.